The van der Waals surface area contributed by atoms with E-state index in [9.17, 15) is 0 Å². The summed E-state index contributed by atoms with van der Waals surface area (Å²) in [7, 11) is 0. The van der Waals surface area contributed by atoms with Gasteiger partial charge in [0.2, 0.25) is 5.95 Å². The molecule has 106 valence electrons. The van der Waals surface area contributed by atoms with Gasteiger partial charge >= 0.3 is 0 Å². The molecule has 4 heteroatoms. The summed E-state index contributed by atoms with van der Waals surface area (Å²) < 4.78 is 3.33. The van der Waals surface area contributed by atoms with Gasteiger partial charge in [-0.2, -0.15) is 0 Å². The van der Waals surface area contributed by atoms with Crippen molar-refractivity contribution < 1.29 is 0 Å². The van der Waals surface area contributed by atoms with Crippen molar-refractivity contribution in [2.24, 2.45) is 0 Å². The van der Waals surface area contributed by atoms with Crippen molar-refractivity contribution in [3.05, 3.63) is 40.1 Å². The summed E-state index contributed by atoms with van der Waals surface area (Å²) in [6, 6.07) is 4.96. The second-order valence-electron chi connectivity index (χ2n) is 5.64. The Hall–Kier alpha value is -1.29. The number of hydrogen-bond donors (Lipinski definition) is 1. The third-order valence-corrected chi connectivity index (χ3v) is 5.28. The topological polar surface area (TPSA) is 29.9 Å². The molecule has 0 bridgehead atoms. The van der Waals surface area contributed by atoms with Crippen LogP contribution in [0.1, 0.15) is 36.8 Å². The van der Waals surface area contributed by atoms with Gasteiger partial charge in [-0.1, -0.05) is 28.8 Å². The fourth-order valence-corrected chi connectivity index (χ4v) is 3.16. The van der Waals surface area contributed by atoms with E-state index in [0.29, 0.717) is 6.04 Å². The van der Waals surface area contributed by atoms with E-state index in [4.69, 9.17) is 0 Å². The van der Waals surface area contributed by atoms with Gasteiger partial charge in [-0.15, -0.1) is 0 Å². The quantitative estimate of drug-likeness (QED) is 0.889. The first kappa shape index (κ1) is 13.7. The number of hydrogen-bond acceptors (Lipinski definition) is 2. The minimum atomic E-state index is 0.578. The maximum Gasteiger partial charge on any atom is 0.207 e. The minimum Gasteiger partial charge on any atom is -0.353 e. The van der Waals surface area contributed by atoms with Crippen molar-refractivity contribution in [1.29, 1.82) is 0 Å². The number of rotatable bonds is 3. The van der Waals surface area contributed by atoms with Crippen molar-refractivity contribution in [3.63, 3.8) is 0 Å². The van der Waals surface area contributed by atoms with Crippen LogP contribution >= 0.6 is 15.9 Å². The van der Waals surface area contributed by atoms with E-state index in [0.717, 1.165) is 5.95 Å². The highest BCUT2D eigenvalue weighted by Gasteiger charge is 2.17. The zero-order valence-corrected chi connectivity index (χ0v) is 13.6. The first-order valence-electron chi connectivity index (χ1n) is 7.22. The van der Waals surface area contributed by atoms with Gasteiger partial charge in [-0.25, -0.2) is 4.98 Å². The van der Waals surface area contributed by atoms with Crippen LogP contribution in [0.4, 0.5) is 5.95 Å². The molecule has 1 aromatic carbocycles. The Bertz CT molecular complexity index is 589. The van der Waals surface area contributed by atoms with E-state index in [1.165, 1.54) is 47.0 Å². The van der Waals surface area contributed by atoms with Crippen molar-refractivity contribution in [1.82, 2.24) is 9.55 Å². The Morgan fingerprint density at radius 2 is 1.85 bits per heavy atom. The lowest BCUT2D eigenvalue weighted by Gasteiger charge is -2.16. The third-order valence-electron chi connectivity index (χ3n) is 4.03. The molecule has 0 amide bonds. The molecule has 2 aromatic rings. The number of aromatic nitrogens is 2. The summed E-state index contributed by atoms with van der Waals surface area (Å²) in [5, 5.41) is 3.58. The van der Waals surface area contributed by atoms with Gasteiger partial charge in [-0.3, -0.25) is 4.57 Å². The lowest BCUT2D eigenvalue weighted by Crippen LogP contribution is -2.17. The van der Waals surface area contributed by atoms with Gasteiger partial charge in [0, 0.05) is 28.6 Å². The number of anilines is 1. The Labute approximate surface area is 128 Å². The van der Waals surface area contributed by atoms with Crippen molar-refractivity contribution >= 4 is 21.9 Å². The number of imidazole rings is 1. The summed E-state index contributed by atoms with van der Waals surface area (Å²) in [6.07, 6.45) is 9.06. The van der Waals surface area contributed by atoms with Gasteiger partial charge in [0.15, 0.2) is 0 Å². The Morgan fingerprint density at radius 1 is 1.20 bits per heavy atom. The molecule has 0 unspecified atom stereocenters. The average molecular weight is 334 g/mol. The average Bonchev–Trinajstić information content (AvgIpc) is 3.07. The fraction of sp³-hybridized carbons (Fsp3) is 0.438. The van der Waals surface area contributed by atoms with Crippen LogP contribution in [0.3, 0.4) is 0 Å². The summed E-state index contributed by atoms with van der Waals surface area (Å²) in [4.78, 5) is 4.48. The molecule has 1 fully saturated rings. The fourth-order valence-electron chi connectivity index (χ4n) is 2.93. The van der Waals surface area contributed by atoms with Crippen molar-refractivity contribution in [2.75, 3.05) is 5.32 Å². The second kappa shape index (κ2) is 5.60. The molecule has 0 saturated heterocycles. The third kappa shape index (κ3) is 2.62. The minimum absolute atomic E-state index is 0.578. The molecule has 1 heterocycles. The largest absolute Gasteiger partial charge is 0.353 e. The molecule has 1 saturated carbocycles. The normalized spacial score (nSPS) is 15.8. The molecular weight excluding hydrogens is 314 g/mol. The highest BCUT2D eigenvalue weighted by molar-refractivity contribution is 9.10. The van der Waals surface area contributed by atoms with Crippen LogP contribution in [0.2, 0.25) is 0 Å². The highest BCUT2D eigenvalue weighted by atomic mass is 79.9. The molecule has 1 aliphatic rings. The smallest absolute Gasteiger partial charge is 0.207 e. The maximum absolute atomic E-state index is 4.48. The van der Waals surface area contributed by atoms with E-state index in [1.807, 2.05) is 12.4 Å². The standard InChI is InChI=1S/C16H20BrN3/c1-11-9-14(10-12(2)15(11)17)20-8-7-18-16(20)19-13-5-3-4-6-13/h7-10,13H,3-6H2,1-2H3,(H,18,19). The number of halogens is 1. The maximum atomic E-state index is 4.48. The second-order valence-corrected chi connectivity index (χ2v) is 6.43. The van der Waals surface area contributed by atoms with Crippen LogP contribution in [0.5, 0.6) is 0 Å². The zero-order valence-electron chi connectivity index (χ0n) is 12.0. The molecule has 0 aliphatic heterocycles. The van der Waals surface area contributed by atoms with Gasteiger partial charge in [0.1, 0.15) is 0 Å². The molecule has 1 N–H and O–H groups in total. The van der Waals surface area contributed by atoms with E-state index in [2.05, 4.69) is 56.8 Å². The van der Waals surface area contributed by atoms with Gasteiger partial charge in [-0.05, 0) is 49.9 Å². The van der Waals surface area contributed by atoms with Crippen LogP contribution in [0.25, 0.3) is 5.69 Å². The van der Waals surface area contributed by atoms with E-state index in [1.54, 1.807) is 0 Å². The first-order valence-corrected chi connectivity index (χ1v) is 8.01. The molecule has 0 spiro atoms. The van der Waals surface area contributed by atoms with E-state index in [-0.39, 0.29) is 0 Å². The van der Waals surface area contributed by atoms with Gasteiger partial charge in [0.25, 0.3) is 0 Å². The van der Waals surface area contributed by atoms with Gasteiger partial charge in [0.05, 0.1) is 0 Å². The predicted octanol–water partition coefficient (Wildman–Crippen LogP) is 4.61. The SMILES string of the molecule is Cc1cc(-n2ccnc2NC2CCCC2)cc(C)c1Br. The molecule has 20 heavy (non-hydrogen) atoms. The molecule has 1 aliphatic carbocycles. The van der Waals surface area contributed by atoms with Gasteiger partial charge < -0.3 is 5.32 Å². The Kier molecular flexibility index (Phi) is 3.83. The lowest BCUT2D eigenvalue weighted by atomic mass is 10.1. The summed E-state index contributed by atoms with van der Waals surface area (Å²) in [6.45, 7) is 4.25. The van der Waals surface area contributed by atoms with Crippen LogP contribution in [0.15, 0.2) is 29.0 Å². The molecule has 3 nitrogen and oxygen atoms in total. The van der Waals surface area contributed by atoms with Crippen LogP contribution in [0, 0.1) is 13.8 Å². The molecule has 0 radical (unpaired) electrons. The van der Waals surface area contributed by atoms with E-state index >= 15 is 0 Å². The Balaban J connectivity index is 1.92. The van der Waals surface area contributed by atoms with Crippen LogP contribution in [-0.4, -0.2) is 15.6 Å². The number of nitrogens with one attached hydrogen (secondary N) is 1. The van der Waals surface area contributed by atoms with E-state index < -0.39 is 0 Å². The number of benzene rings is 1. The molecule has 0 atom stereocenters. The van der Waals surface area contributed by atoms with Crippen molar-refractivity contribution in [2.45, 2.75) is 45.6 Å². The monoisotopic (exact) mass is 333 g/mol. The first-order chi connectivity index (χ1) is 9.65. The summed E-state index contributed by atoms with van der Waals surface area (Å²) >= 11 is 3.63. The lowest BCUT2D eigenvalue weighted by molar-refractivity contribution is 0.740. The molecular formula is C16H20BrN3. The summed E-state index contributed by atoms with van der Waals surface area (Å²) in [5.74, 6) is 0.957. The number of nitrogens with zero attached hydrogens (tertiary/aromatic N) is 2. The molecule has 1 aromatic heterocycles. The summed E-state index contributed by atoms with van der Waals surface area (Å²) in [5.41, 5.74) is 3.67. The molecule has 3 rings (SSSR count). The zero-order chi connectivity index (χ0) is 14.1. The highest BCUT2D eigenvalue weighted by Crippen LogP contribution is 2.27. The van der Waals surface area contributed by atoms with Crippen LogP contribution in [-0.2, 0) is 0 Å². The van der Waals surface area contributed by atoms with Crippen LogP contribution < -0.4 is 5.32 Å². The number of aryl methyl sites for hydroxylation is 2. The predicted molar refractivity (Wildman–Crippen MR) is 86.6 cm³/mol. The Morgan fingerprint density at radius 3 is 2.50 bits per heavy atom. The van der Waals surface area contributed by atoms with Crippen molar-refractivity contribution in [3.8, 4) is 5.69 Å².